The van der Waals surface area contributed by atoms with E-state index >= 15 is 0 Å². The largest absolute Gasteiger partial charge is 0.307 e. The summed E-state index contributed by atoms with van der Waals surface area (Å²) in [6, 6.07) is 5.46. The highest BCUT2D eigenvalue weighted by atomic mass is 19.1. The van der Waals surface area contributed by atoms with Crippen LogP contribution in [0, 0.1) is 12.7 Å². The number of halogens is 1. The summed E-state index contributed by atoms with van der Waals surface area (Å²) in [4.78, 5) is 0. The van der Waals surface area contributed by atoms with Crippen molar-refractivity contribution in [3.63, 3.8) is 0 Å². The van der Waals surface area contributed by atoms with Gasteiger partial charge < -0.3 is 5.32 Å². The Morgan fingerprint density at radius 2 is 2.12 bits per heavy atom. The third-order valence-electron chi connectivity index (χ3n) is 2.47. The van der Waals surface area contributed by atoms with Crippen LogP contribution in [0.1, 0.15) is 37.9 Å². The molecule has 0 saturated carbocycles. The van der Waals surface area contributed by atoms with Crippen LogP contribution in [-0.2, 0) is 0 Å². The van der Waals surface area contributed by atoms with E-state index in [0.717, 1.165) is 12.1 Å². The number of hydrogen-bond acceptors (Lipinski definition) is 1. The quantitative estimate of drug-likeness (QED) is 0.763. The fourth-order valence-electron chi connectivity index (χ4n) is 1.69. The number of likely N-dealkylation sites (N-methyl/N-ethyl adjacent to an activating group) is 1. The van der Waals surface area contributed by atoms with Crippen LogP contribution >= 0.6 is 0 Å². The SMILES string of the molecule is CCNC(C=C(C)C)c1ccc(F)c(C)c1. The van der Waals surface area contributed by atoms with E-state index in [1.165, 1.54) is 11.6 Å². The zero-order valence-electron chi connectivity index (χ0n) is 10.5. The maximum absolute atomic E-state index is 13.2. The molecule has 0 bridgehead atoms. The van der Waals surface area contributed by atoms with Gasteiger partial charge in [-0.25, -0.2) is 4.39 Å². The molecule has 1 nitrogen and oxygen atoms in total. The van der Waals surface area contributed by atoms with Gasteiger partial charge in [0, 0.05) is 0 Å². The van der Waals surface area contributed by atoms with E-state index in [9.17, 15) is 4.39 Å². The Hall–Kier alpha value is -1.15. The van der Waals surface area contributed by atoms with E-state index in [4.69, 9.17) is 0 Å². The molecule has 0 aromatic heterocycles. The maximum Gasteiger partial charge on any atom is 0.126 e. The van der Waals surface area contributed by atoms with Gasteiger partial charge in [-0.2, -0.15) is 0 Å². The minimum Gasteiger partial charge on any atom is -0.307 e. The minimum atomic E-state index is -0.142. The lowest BCUT2D eigenvalue weighted by atomic mass is 10.0. The van der Waals surface area contributed by atoms with E-state index in [1.54, 1.807) is 6.92 Å². The van der Waals surface area contributed by atoms with Gasteiger partial charge >= 0.3 is 0 Å². The molecular formula is C14H20FN. The average molecular weight is 221 g/mol. The monoisotopic (exact) mass is 221 g/mol. The van der Waals surface area contributed by atoms with Gasteiger partial charge in [0.2, 0.25) is 0 Å². The third kappa shape index (κ3) is 3.46. The molecule has 1 unspecified atom stereocenters. The van der Waals surface area contributed by atoms with E-state index in [0.29, 0.717) is 5.56 Å². The normalized spacial score (nSPS) is 12.3. The van der Waals surface area contributed by atoms with Crippen LogP contribution < -0.4 is 5.32 Å². The fourth-order valence-corrected chi connectivity index (χ4v) is 1.69. The summed E-state index contributed by atoms with van der Waals surface area (Å²) in [5.74, 6) is -0.142. The molecule has 1 aromatic carbocycles. The van der Waals surface area contributed by atoms with Crippen LogP contribution in [0.2, 0.25) is 0 Å². The molecule has 0 amide bonds. The van der Waals surface area contributed by atoms with Crippen molar-refractivity contribution in [2.45, 2.75) is 33.7 Å². The maximum atomic E-state index is 13.2. The Kier molecular flexibility index (Phi) is 4.69. The Labute approximate surface area is 97.4 Å². The third-order valence-corrected chi connectivity index (χ3v) is 2.47. The van der Waals surface area contributed by atoms with Crippen molar-refractivity contribution >= 4 is 0 Å². The lowest BCUT2D eigenvalue weighted by Gasteiger charge is -2.16. The van der Waals surface area contributed by atoms with Gasteiger partial charge in [0.25, 0.3) is 0 Å². The van der Waals surface area contributed by atoms with Crippen LogP contribution in [0.3, 0.4) is 0 Å². The van der Waals surface area contributed by atoms with Crippen molar-refractivity contribution < 1.29 is 4.39 Å². The molecule has 0 radical (unpaired) electrons. The van der Waals surface area contributed by atoms with E-state index in [-0.39, 0.29) is 11.9 Å². The van der Waals surface area contributed by atoms with Gasteiger partial charge in [-0.05, 0) is 44.5 Å². The summed E-state index contributed by atoms with van der Waals surface area (Å²) in [6.45, 7) is 8.90. The van der Waals surface area contributed by atoms with E-state index in [2.05, 4.69) is 32.2 Å². The molecule has 2 heteroatoms. The molecule has 0 saturated heterocycles. The zero-order valence-corrected chi connectivity index (χ0v) is 10.5. The first-order valence-electron chi connectivity index (χ1n) is 5.69. The summed E-state index contributed by atoms with van der Waals surface area (Å²) in [5.41, 5.74) is 3.07. The number of hydrogen-bond donors (Lipinski definition) is 1. The fraction of sp³-hybridized carbons (Fsp3) is 0.429. The van der Waals surface area contributed by atoms with Crippen molar-refractivity contribution in [1.29, 1.82) is 0 Å². The average Bonchev–Trinajstić information content (AvgIpc) is 2.21. The van der Waals surface area contributed by atoms with Gasteiger partial charge in [-0.3, -0.25) is 0 Å². The molecule has 16 heavy (non-hydrogen) atoms. The number of rotatable bonds is 4. The van der Waals surface area contributed by atoms with Gasteiger partial charge in [0.1, 0.15) is 5.82 Å². The zero-order chi connectivity index (χ0) is 12.1. The molecule has 1 aromatic rings. The molecule has 0 aliphatic carbocycles. The van der Waals surface area contributed by atoms with Crippen molar-refractivity contribution in [3.05, 3.63) is 46.8 Å². The predicted octanol–water partition coefficient (Wildman–Crippen LogP) is 3.75. The lowest BCUT2D eigenvalue weighted by Crippen LogP contribution is -2.19. The van der Waals surface area contributed by atoms with Crippen LogP contribution in [0.4, 0.5) is 4.39 Å². The van der Waals surface area contributed by atoms with Crippen LogP contribution in [0.5, 0.6) is 0 Å². The van der Waals surface area contributed by atoms with Crippen LogP contribution in [0.15, 0.2) is 29.8 Å². The Balaban J connectivity index is 3.01. The van der Waals surface area contributed by atoms with Gasteiger partial charge in [0.15, 0.2) is 0 Å². The second kappa shape index (κ2) is 5.80. The summed E-state index contributed by atoms with van der Waals surface area (Å²) < 4.78 is 13.2. The molecule has 0 aliphatic heterocycles. The summed E-state index contributed by atoms with van der Waals surface area (Å²) in [5, 5.41) is 3.38. The molecule has 1 rings (SSSR count). The number of benzene rings is 1. The van der Waals surface area contributed by atoms with Crippen LogP contribution in [-0.4, -0.2) is 6.54 Å². The van der Waals surface area contributed by atoms with Crippen molar-refractivity contribution in [2.24, 2.45) is 0 Å². The highest BCUT2D eigenvalue weighted by Gasteiger charge is 2.08. The Morgan fingerprint density at radius 1 is 1.44 bits per heavy atom. The highest BCUT2D eigenvalue weighted by Crippen LogP contribution is 2.19. The van der Waals surface area contributed by atoms with Crippen molar-refractivity contribution in [3.8, 4) is 0 Å². The molecule has 0 heterocycles. The Bertz CT molecular complexity index is 378. The summed E-state index contributed by atoms with van der Waals surface area (Å²) >= 11 is 0. The number of nitrogens with one attached hydrogen (secondary N) is 1. The topological polar surface area (TPSA) is 12.0 Å². The van der Waals surface area contributed by atoms with Crippen molar-refractivity contribution in [2.75, 3.05) is 6.54 Å². The molecule has 1 N–H and O–H groups in total. The second-order valence-electron chi connectivity index (χ2n) is 4.29. The summed E-state index contributed by atoms with van der Waals surface area (Å²) in [6.07, 6.45) is 2.16. The Morgan fingerprint density at radius 3 is 2.62 bits per heavy atom. The number of allylic oxidation sites excluding steroid dienone is 1. The molecule has 0 fully saturated rings. The summed E-state index contributed by atoms with van der Waals surface area (Å²) in [7, 11) is 0. The van der Waals surface area contributed by atoms with E-state index < -0.39 is 0 Å². The first-order valence-corrected chi connectivity index (χ1v) is 5.69. The highest BCUT2D eigenvalue weighted by molar-refractivity contribution is 5.29. The molecule has 1 atom stereocenters. The van der Waals surface area contributed by atoms with Gasteiger partial charge in [-0.15, -0.1) is 0 Å². The molecule has 0 spiro atoms. The van der Waals surface area contributed by atoms with Gasteiger partial charge in [-0.1, -0.05) is 30.7 Å². The first-order chi connectivity index (χ1) is 7.54. The van der Waals surface area contributed by atoms with E-state index in [1.807, 2.05) is 12.1 Å². The molecule has 88 valence electrons. The lowest BCUT2D eigenvalue weighted by molar-refractivity contribution is 0.610. The van der Waals surface area contributed by atoms with Gasteiger partial charge in [0.05, 0.1) is 6.04 Å². The van der Waals surface area contributed by atoms with Crippen molar-refractivity contribution in [1.82, 2.24) is 5.32 Å². The second-order valence-corrected chi connectivity index (χ2v) is 4.29. The molecule has 0 aliphatic rings. The first kappa shape index (κ1) is 12.9. The predicted molar refractivity (Wildman–Crippen MR) is 67.0 cm³/mol. The van der Waals surface area contributed by atoms with Crippen LogP contribution in [0.25, 0.3) is 0 Å². The molecular weight excluding hydrogens is 201 g/mol. The minimum absolute atomic E-state index is 0.142. The standard InChI is InChI=1S/C14H20FN/c1-5-16-14(8-10(2)3)12-6-7-13(15)11(4)9-12/h6-9,14,16H,5H2,1-4H3. The number of aryl methyl sites for hydroxylation is 1. The smallest absolute Gasteiger partial charge is 0.126 e.